The molecule has 4 N–H and O–H groups in total. The van der Waals surface area contributed by atoms with Gasteiger partial charge >= 0.3 is 0 Å². The number of nitrogens with two attached hydrogens (primary N) is 1. The second-order valence-electron chi connectivity index (χ2n) is 8.35. The van der Waals surface area contributed by atoms with Crippen LogP contribution in [-0.2, 0) is 13.0 Å². The zero-order valence-electron chi connectivity index (χ0n) is 17.7. The molecule has 162 valence electrons. The number of anilines is 1. The van der Waals surface area contributed by atoms with Gasteiger partial charge in [0.1, 0.15) is 11.4 Å². The number of aryl methyl sites for hydroxylation is 1. The maximum atomic E-state index is 10.4. The van der Waals surface area contributed by atoms with Crippen LogP contribution in [0.25, 0.3) is 5.57 Å². The number of halogens is 1. The fraction of sp³-hybridized carbons (Fsp3) is 0.545. The summed E-state index contributed by atoms with van der Waals surface area (Å²) in [5.41, 5.74) is 10.4. The molecule has 2 aromatic heterocycles. The Labute approximate surface area is 183 Å². The lowest BCUT2D eigenvalue weighted by Crippen LogP contribution is -2.41. The van der Waals surface area contributed by atoms with Crippen molar-refractivity contribution < 1.29 is 5.11 Å². The number of nitrogens with one attached hydrogen (secondary N) is 1. The number of hydrogen-bond donors (Lipinski definition) is 3. The topological polar surface area (TPSA) is 92.2 Å². The molecule has 0 spiro atoms. The number of aromatic nitrogens is 3. The van der Waals surface area contributed by atoms with Crippen LogP contribution in [0.4, 0.5) is 5.95 Å². The minimum Gasteiger partial charge on any atom is -0.506 e. The number of nitrogens with zero attached hydrogens (tertiary/aromatic N) is 4. The Morgan fingerprint density at radius 2 is 2.00 bits per heavy atom. The second kappa shape index (κ2) is 8.96. The number of allylic oxidation sites excluding steroid dienone is 2. The minimum absolute atomic E-state index is 0.0561. The molecule has 8 heteroatoms. The third-order valence-electron chi connectivity index (χ3n) is 6.03. The summed E-state index contributed by atoms with van der Waals surface area (Å²) in [5, 5.41) is 14.0. The number of hydrogen-bond acceptors (Lipinski definition) is 6. The van der Waals surface area contributed by atoms with Crippen LogP contribution in [0.15, 0.2) is 18.2 Å². The molecule has 3 heterocycles. The Hall–Kier alpha value is -2.09. The van der Waals surface area contributed by atoms with E-state index < -0.39 is 0 Å². The number of imidazole rings is 1. The first-order valence-corrected chi connectivity index (χ1v) is 11.1. The maximum absolute atomic E-state index is 10.4. The molecule has 0 saturated carbocycles. The van der Waals surface area contributed by atoms with Crippen molar-refractivity contribution in [2.45, 2.75) is 51.1 Å². The van der Waals surface area contributed by atoms with Gasteiger partial charge in [-0.1, -0.05) is 6.08 Å². The van der Waals surface area contributed by atoms with E-state index in [4.69, 9.17) is 22.3 Å². The van der Waals surface area contributed by atoms with Crippen molar-refractivity contribution in [3.63, 3.8) is 0 Å². The number of fused-ring (bicyclic) bond motifs is 1. The summed E-state index contributed by atoms with van der Waals surface area (Å²) >= 11 is 6.50. The number of pyridine rings is 1. The molecule has 1 aliphatic carbocycles. The molecule has 2 aromatic rings. The molecule has 1 atom stereocenters. The highest BCUT2D eigenvalue weighted by atomic mass is 35.5. The van der Waals surface area contributed by atoms with Crippen LogP contribution in [-0.4, -0.2) is 62.1 Å². The number of alkyl halides is 1. The van der Waals surface area contributed by atoms with Crippen molar-refractivity contribution >= 4 is 23.1 Å². The maximum Gasteiger partial charge on any atom is 0.204 e. The zero-order valence-corrected chi connectivity index (χ0v) is 18.5. The largest absolute Gasteiger partial charge is 0.506 e. The lowest BCUT2D eigenvalue weighted by molar-refractivity contribution is 0.224. The quantitative estimate of drug-likeness (QED) is 0.610. The average Bonchev–Trinajstić information content (AvgIpc) is 3.04. The molecule has 0 bridgehead atoms. The first kappa shape index (κ1) is 21.2. The predicted octanol–water partition coefficient (Wildman–Crippen LogP) is 2.74. The van der Waals surface area contributed by atoms with Gasteiger partial charge in [-0.3, -0.25) is 4.98 Å². The van der Waals surface area contributed by atoms with Gasteiger partial charge in [-0.2, -0.15) is 0 Å². The van der Waals surface area contributed by atoms with Crippen molar-refractivity contribution in [1.29, 1.82) is 0 Å². The molecule has 1 saturated heterocycles. The van der Waals surface area contributed by atoms with Crippen molar-refractivity contribution in [3.05, 3.63) is 41.0 Å². The fourth-order valence-corrected chi connectivity index (χ4v) is 4.75. The molecule has 2 aliphatic rings. The summed E-state index contributed by atoms with van der Waals surface area (Å²) in [5.74, 6) is 1.04. The molecule has 1 unspecified atom stereocenters. The summed E-state index contributed by atoms with van der Waals surface area (Å²) in [6.45, 7) is 8.18. The van der Waals surface area contributed by atoms with Gasteiger partial charge in [-0.05, 0) is 44.4 Å². The Bertz CT molecular complexity index is 932. The van der Waals surface area contributed by atoms with E-state index in [0.717, 1.165) is 61.1 Å². The highest BCUT2D eigenvalue weighted by Gasteiger charge is 2.27. The van der Waals surface area contributed by atoms with E-state index in [9.17, 15) is 5.11 Å². The average molecular weight is 431 g/mol. The molecule has 0 amide bonds. The van der Waals surface area contributed by atoms with E-state index in [-0.39, 0.29) is 11.1 Å². The third kappa shape index (κ3) is 4.48. The first-order valence-electron chi connectivity index (χ1n) is 10.7. The van der Waals surface area contributed by atoms with Gasteiger partial charge in [0, 0.05) is 50.0 Å². The third-order valence-corrected chi connectivity index (χ3v) is 6.31. The normalized spacial score (nSPS) is 20.1. The predicted molar refractivity (Wildman–Crippen MR) is 121 cm³/mol. The number of piperidine rings is 1. The molecule has 30 heavy (non-hydrogen) atoms. The van der Waals surface area contributed by atoms with Crippen LogP contribution in [0.3, 0.4) is 0 Å². The molecule has 1 aliphatic heterocycles. The monoisotopic (exact) mass is 430 g/mol. The van der Waals surface area contributed by atoms with Crippen molar-refractivity contribution in [2.75, 3.05) is 31.5 Å². The van der Waals surface area contributed by atoms with Gasteiger partial charge in [0.25, 0.3) is 0 Å². The second-order valence-corrected chi connectivity index (χ2v) is 8.91. The zero-order chi connectivity index (χ0) is 21.3. The van der Waals surface area contributed by atoms with E-state index in [2.05, 4.69) is 32.8 Å². The molecule has 0 radical (unpaired) electrons. The van der Waals surface area contributed by atoms with Gasteiger partial charge in [-0.15, -0.1) is 11.6 Å². The van der Waals surface area contributed by atoms with Crippen LogP contribution >= 0.6 is 11.6 Å². The standard InChI is InChI=1S/C22H31ClN6O/c1-14-11-16(23)12-19-21(14)27-22(26-17-5-8-28(9-6-17)10-7-24)29(19)13-18-20(30)4-3-15(2)25-18/h3-4,11,16-17,30H,5-10,12-13,24H2,1-2H3,(H,26,27). The molecular formula is C22H31ClN6O. The lowest BCUT2D eigenvalue weighted by Gasteiger charge is -2.32. The van der Waals surface area contributed by atoms with Crippen LogP contribution in [0.2, 0.25) is 0 Å². The number of rotatable bonds is 6. The van der Waals surface area contributed by atoms with Crippen LogP contribution in [0, 0.1) is 6.92 Å². The van der Waals surface area contributed by atoms with Gasteiger partial charge in [-0.25, -0.2) is 4.98 Å². The molecule has 1 fully saturated rings. The Morgan fingerprint density at radius 1 is 1.23 bits per heavy atom. The lowest BCUT2D eigenvalue weighted by atomic mass is 10.0. The summed E-state index contributed by atoms with van der Waals surface area (Å²) < 4.78 is 2.15. The summed E-state index contributed by atoms with van der Waals surface area (Å²) in [4.78, 5) is 11.9. The van der Waals surface area contributed by atoms with E-state index >= 15 is 0 Å². The van der Waals surface area contributed by atoms with Crippen molar-refractivity contribution in [3.8, 4) is 5.75 Å². The van der Waals surface area contributed by atoms with Crippen LogP contribution < -0.4 is 11.1 Å². The Balaban J connectivity index is 1.62. The molecule has 7 nitrogen and oxygen atoms in total. The SMILES string of the molecule is CC1=CC(Cl)Cc2c1nc(NC1CCN(CCN)CC1)n2Cc1nc(C)ccc1O. The highest BCUT2D eigenvalue weighted by molar-refractivity contribution is 6.22. The smallest absolute Gasteiger partial charge is 0.204 e. The Morgan fingerprint density at radius 3 is 2.73 bits per heavy atom. The van der Waals surface area contributed by atoms with Crippen molar-refractivity contribution in [1.82, 2.24) is 19.4 Å². The molecule has 4 rings (SSSR count). The molecular weight excluding hydrogens is 400 g/mol. The van der Waals surface area contributed by atoms with Gasteiger partial charge in [0.2, 0.25) is 5.95 Å². The van der Waals surface area contributed by atoms with Gasteiger partial charge < -0.3 is 25.6 Å². The summed E-state index contributed by atoms with van der Waals surface area (Å²) in [7, 11) is 0. The Kier molecular flexibility index (Phi) is 6.32. The summed E-state index contributed by atoms with van der Waals surface area (Å²) in [6.07, 6.45) is 4.89. The van der Waals surface area contributed by atoms with Crippen LogP contribution in [0.1, 0.15) is 42.5 Å². The van der Waals surface area contributed by atoms with E-state index in [1.807, 2.05) is 13.0 Å². The first-order chi connectivity index (χ1) is 14.4. The number of aromatic hydroxyl groups is 1. The number of likely N-dealkylation sites (tertiary alicyclic amines) is 1. The minimum atomic E-state index is -0.0561. The highest BCUT2D eigenvalue weighted by Crippen LogP contribution is 2.32. The van der Waals surface area contributed by atoms with Crippen molar-refractivity contribution in [2.24, 2.45) is 5.73 Å². The van der Waals surface area contributed by atoms with E-state index in [1.165, 1.54) is 0 Å². The van der Waals surface area contributed by atoms with Gasteiger partial charge in [0.05, 0.1) is 17.6 Å². The van der Waals surface area contributed by atoms with Crippen LogP contribution in [0.5, 0.6) is 5.75 Å². The van der Waals surface area contributed by atoms with E-state index in [0.29, 0.717) is 31.2 Å². The van der Waals surface area contributed by atoms with E-state index in [1.54, 1.807) is 6.07 Å². The fourth-order valence-electron chi connectivity index (χ4n) is 4.42. The summed E-state index contributed by atoms with van der Waals surface area (Å²) in [6, 6.07) is 3.88. The molecule has 0 aromatic carbocycles. The van der Waals surface area contributed by atoms with Gasteiger partial charge in [0.15, 0.2) is 0 Å².